The minimum absolute atomic E-state index is 0.121. The highest BCUT2D eigenvalue weighted by Gasteiger charge is 2.41. The van der Waals surface area contributed by atoms with Crippen molar-refractivity contribution in [2.24, 2.45) is 5.92 Å². The van der Waals surface area contributed by atoms with Crippen LogP contribution in [0.3, 0.4) is 0 Å². The third-order valence-corrected chi connectivity index (χ3v) is 6.32. The molecule has 1 heterocycles. The van der Waals surface area contributed by atoms with Crippen LogP contribution in [0, 0.1) is 5.92 Å². The zero-order valence-corrected chi connectivity index (χ0v) is 14.0. The topological polar surface area (TPSA) is 78.5 Å². The molecule has 2 aliphatic rings. The third kappa shape index (κ3) is 4.85. The molecule has 2 fully saturated rings. The number of nitrogens with zero attached hydrogens (tertiary/aromatic N) is 1. The molecule has 1 aliphatic carbocycles. The predicted molar refractivity (Wildman–Crippen MR) is 82.5 cm³/mol. The van der Waals surface area contributed by atoms with Gasteiger partial charge in [0.25, 0.3) is 0 Å². The lowest BCUT2D eigenvalue weighted by atomic mass is 9.98. The van der Waals surface area contributed by atoms with Crippen LogP contribution in [0.4, 0.5) is 4.79 Å². The lowest BCUT2D eigenvalue weighted by Gasteiger charge is -2.31. The van der Waals surface area contributed by atoms with Gasteiger partial charge in [0.15, 0.2) is 0 Å². The van der Waals surface area contributed by atoms with Gasteiger partial charge in [-0.3, -0.25) is 0 Å². The summed E-state index contributed by atoms with van der Waals surface area (Å²) in [7, 11) is -3.03. The number of hydrogen-bond donors (Lipinski definition) is 2. The van der Waals surface area contributed by atoms with Gasteiger partial charge < -0.3 is 10.6 Å². The second kappa shape index (κ2) is 6.12. The summed E-state index contributed by atoms with van der Waals surface area (Å²) in [6, 6.07) is -0.157. The van der Waals surface area contributed by atoms with Crippen molar-refractivity contribution >= 4 is 16.1 Å². The van der Waals surface area contributed by atoms with Crippen LogP contribution in [0.1, 0.15) is 46.5 Å². The van der Waals surface area contributed by atoms with Gasteiger partial charge in [-0.1, -0.05) is 0 Å². The highest BCUT2D eigenvalue weighted by atomic mass is 32.2. The normalized spacial score (nSPS) is 22.0. The summed E-state index contributed by atoms with van der Waals surface area (Å²) in [6.45, 7) is 7.60. The number of carbonyl (C=O) groups is 1. The Hall–Kier alpha value is -0.820. The van der Waals surface area contributed by atoms with Crippen molar-refractivity contribution in [3.05, 3.63) is 0 Å². The Balaban J connectivity index is 1.71. The molecule has 2 rings (SSSR count). The van der Waals surface area contributed by atoms with Crippen LogP contribution in [0.15, 0.2) is 0 Å². The monoisotopic (exact) mass is 317 g/mol. The minimum atomic E-state index is -3.03. The summed E-state index contributed by atoms with van der Waals surface area (Å²) < 4.78 is 25.9. The first-order chi connectivity index (χ1) is 9.68. The molecule has 0 bridgehead atoms. The molecule has 0 radical (unpaired) electrons. The molecule has 0 aromatic heterocycles. The van der Waals surface area contributed by atoms with Gasteiger partial charge in [-0.15, -0.1) is 0 Å². The van der Waals surface area contributed by atoms with E-state index in [1.165, 1.54) is 0 Å². The van der Waals surface area contributed by atoms with E-state index in [1.807, 2.05) is 20.8 Å². The van der Waals surface area contributed by atoms with Gasteiger partial charge in [0.1, 0.15) is 0 Å². The highest BCUT2D eigenvalue weighted by Crippen LogP contribution is 2.32. The van der Waals surface area contributed by atoms with E-state index in [0.717, 1.165) is 25.7 Å². The Morgan fingerprint density at radius 2 is 1.71 bits per heavy atom. The summed E-state index contributed by atoms with van der Waals surface area (Å²) in [5.74, 6) is 0.362. The molecule has 1 saturated carbocycles. The van der Waals surface area contributed by atoms with E-state index in [1.54, 1.807) is 4.31 Å². The SMILES string of the molecule is CC(C)(C)NC(=O)NCC1CCN(S(=O)(=O)C2CC2)CC1. The van der Waals surface area contributed by atoms with Crippen LogP contribution in [0.5, 0.6) is 0 Å². The molecule has 2 N–H and O–H groups in total. The standard InChI is InChI=1S/C14H27N3O3S/c1-14(2,3)16-13(18)15-10-11-6-8-17(9-7-11)21(19,20)12-4-5-12/h11-12H,4-10H2,1-3H3,(H2,15,16,18). The molecule has 122 valence electrons. The molecule has 6 nitrogen and oxygen atoms in total. The van der Waals surface area contributed by atoms with Crippen LogP contribution in [-0.2, 0) is 10.0 Å². The molecule has 0 aromatic rings. The van der Waals surface area contributed by atoms with E-state index in [2.05, 4.69) is 10.6 Å². The Morgan fingerprint density at radius 3 is 2.19 bits per heavy atom. The van der Waals surface area contributed by atoms with Crippen molar-refractivity contribution in [1.29, 1.82) is 0 Å². The lowest BCUT2D eigenvalue weighted by Crippen LogP contribution is -2.48. The van der Waals surface area contributed by atoms with Crippen molar-refractivity contribution in [2.45, 2.75) is 57.2 Å². The fraction of sp³-hybridized carbons (Fsp3) is 0.929. The zero-order chi connectivity index (χ0) is 15.7. The summed E-state index contributed by atoms with van der Waals surface area (Å²) in [4.78, 5) is 11.7. The first-order valence-electron chi connectivity index (χ1n) is 7.73. The Labute approximate surface area is 127 Å². The quantitative estimate of drug-likeness (QED) is 0.820. The molecule has 1 aliphatic heterocycles. The van der Waals surface area contributed by atoms with Gasteiger partial charge in [-0.2, -0.15) is 0 Å². The summed E-state index contributed by atoms with van der Waals surface area (Å²) in [5.41, 5.74) is -0.244. The number of hydrogen-bond acceptors (Lipinski definition) is 3. The van der Waals surface area contributed by atoms with E-state index in [4.69, 9.17) is 0 Å². The number of rotatable bonds is 4. The average molecular weight is 317 g/mol. The van der Waals surface area contributed by atoms with E-state index < -0.39 is 10.0 Å². The Bertz CT molecular complexity index is 472. The van der Waals surface area contributed by atoms with Crippen LogP contribution in [0.25, 0.3) is 0 Å². The molecule has 2 amide bonds. The summed E-state index contributed by atoms with van der Waals surface area (Å²) in [6.07, 6.45) is 3.27. The fourth-order valence-electron chi connectivity index (χ4n) is 2.57. The van der Waals surface area contributed by atoms with Crippen molar-refractivity contribution in [3.8, 4) is 0 Å². The number of piperidine rings is 1. The van der Waals surface area contributed by atoms with Crippen molar-refractivity contribution in [2.75, 3.05) is 19.6 Å². The molecule has 0 aromatic carbocycles. The smallest absolute Gasteiger partial charge is 0.315 e. The molecule has 0 unspecified atom stereocenters. The second-order valence-corrected chi connectivity index (χ2v) is 9.38. The Kier molecular flexibility index (Phi) is 4.82. The van der Waals surface area contributed by atoms with Gasteiger partial charge in [-0.25, -0.2) is 17.5 Å². The first kappa shape index (κ1) is 16.5. The third-order valence-electron chi connectivity index (χ3n) is 3.92. The predicted octanol–water partition coefficient (Wildman–Crippen LogP) is 1.29. The van der Waals surface area contributed by atoms with Gasteiger partial charge >= 0.3 is 6.03 Å². The van der Waals surface area contributed by atoms with Gasteiger partial charge in [0, 0.05) is 25.2 Å². The number of nitrogens with one attached hydrogen (secondary N) is 2. The largest absolute Gasteiger partial charge is 0.338 e. The van der Waals surface area contributed by atoms with Gasteiger partial charge in [-0.05, 0) is 52.4 Å². The van der Waals surface area contributed by atoms with E-state index in [-0.39, 0.29) is 16.8 Å². The molecule has 0 spiro atoms. The Morgan fingerprint density at radius 1 is 1.14 bits per heavy atom. The number of amides is 2. The van der Waals surface area contributed by atoms with E-state index in [0.29, 0.717) is 25.6 Å². The van der Waals surface area contributed by atoms with Crippen LogP contribution in [-0.4, -0.2) is 49.2 Å². The molecule has 7 heteroatoms. The van der Waals surface area contributed by atoms with E-state index in [9.17, 15) is 13.2 Å². The molecule has 0 atom stereocenters. The van der Waals surface area contributed by atoms with Gasteiger partial charge in [0.2, 0.25) is 10.0 Å². The molecular weight excluding hydrogens is 290 g/mol. The van der Waals surface area contributed by atoms with E-state index >= 15 is 0 Å². The first-order valence-corrected chi connectivity index (χ1v) is 9.24. The molecule has 21 heavy (non-hydrogen) atoms. The van der Waals surface area contributed by atoms with Crippen molar-refractivity contribution in [3.63, 3.8) is 0 Å². The maximum atomic E-state index is 12.1. The number of carbonyl (C=O) groups excluding carboxylic acids is 1. The molecular formula is C14H27N3O3S. The number of sulfonamides is 1. The maximum absolute atomic E-state index is 12.1. The second-order valence-electron chi connectivity index (χ2n) is 7.17. The molecule has 1 saturated heterocycles. The maximum Gasteiger partial charge on any atom is 0.315 e. The van der Waals surface area contributed by atoms with Crippen LogP contribution in [0.2, 0.25) is 0 Å². The van der Waals surface area contributed by atoms with Crippen LogP contribution < -0.4 is 10.6 Å². The van der Waals surface area contributed by atoms with Gasteiger partial charge in [0.05, 0.1) is 5.25 Å². The van der Waals surface area contributed by atoms with Crippen molar-refractivity contribution < 1.29 is 13.2 Å². The van der Waals surface area contributed by atoms with Crippen LogP contribution >= 0.6 is 0 Å². The highest BCUT2D eigenvalue weighted by molar-refractivity contribution is 7.90. The van der Waals surface area contributed by atoms with Crippen molar-refractivity contribution in [1.82, 2.24) is 14.9 Å². The zero-order valence-electron chi connectivity index (χ0n) is 13.2. The summed E-state index contributed by atoms with van der Waals surface area (Å²) in [5, 5.41) is 5.62. The lowest BCUT2D eigenvalue weighted by molar-refractivity contribution is 0.223. The minimum Gasteiger partial charge on any atom is -0.338 e. The fourth-order valence-corrected chi connectivity index (χ4v) is 4.44. The summed E-state index contributed by atoms with van der Waals surface area (Å²) >= 11 is 0. The number of urea groups is 1. The average Bonchev–Trinajstić information content (AvgIpc) is 3.19.